The molecule has 0 saturated heterocycles. The maximum atomic E-state index is 11.6. The highest BCUT2D eigenvalue weighted by atomic mass is 16.5. The van der Waals surface area contributed by atoms with Crippen molar-refractivity contribution in [3.63, 3.8) is 0 Å². The molecule has 0 aliphatic rings. The molecule has 0 saturated carbocycles. The minimum atomic E-state index is -1.06. The van der Waals surface area contributed by atoms with Crippen molar-refractivity contribution in [3.8, 4) is 0 Å². The average molecular weight is 294 g/mol. The van der Waals surface area contributed by atoms with Gasteiger partial charge in [0.25, 0.3) is 0 Å². The summed E-state index contributed by atoms with van der Waals surface area (Å²) < 4.78 is 5.21. The van der Waals surface area contributed by atoms with Gasteiger partial charge >= 0.3 is 5.97 Å². The van der Waals surface area contributed by atoms with Crippen molar-refractivity contribution in [1.29, 1.82) is 0 Å². The van der Waals surface area contributed by atoms with Crippen LogP contribution >= 0.6 is 0 Å². The van der Waals surface area contributed by atoms with Crippen LogP contribution in [-0.2, 0) is 25.7 Å². The summed E-state index contributed by atoms with van der Waals surface area (Å²) in [6.07, 6.45) is -0.298. The van der Waals surface area contributed by atoms with Gasteiger partial charge in [0.2, 0.25) is 11.8 Å². The van der Waals surface area contributed by atoms with E-state index >= 15 is 0 Å². The lowest BCUT2D eigenvalue weighted by atomic mass is 10.1. The minimum absolute atomic E-state index is 0.0465. The number of primary amides is 1. The van der Waals surface area contributed by atoms with Crippen molar-refractivity contribution in [2.75, 3.05) is 6.61 Å². The number of hydrogen-bond acceptors (Lipinski definition) is 4. The highest BCUT2D eigenvalue weighted by Crippen LogP contribution is 2.01. The lowest BCUT2D eigenvalue weighted by Gasteiger charge is -2.14. The number of aliphatic carboxylic acids is 1. The summed E-state index contributed by atoms with van der Waals surface area (Å²) in [5, 5.41) is 10.9. The molecule has 0 fully saturated rings. The standard InChI is InChI=1S/C14H18N2O5/c15-14(20)11(6-7-13(18)19)16-12(17)9-21-8-10-4-2-1-3-5-10/h1-5,11H,6-9H2,(H2,15,20)(H,16,17)(H,18,19)/t11-/m0/s1. The number of carbonyl (C=O) groups is 3. The molecular formula is C14H18N2O5. The van der Waals surface area contributed by atoms with Gasteiger partial charge in [0, 0.05) is 6.42 Å². The van der Waals surface area contributed by atoms with Gasteiger partial charge in [-0.15, -0.1) is 0 Å². The third-order valence-electron chi connectivity index (χ3n) is 2.67. The van der Waals surface area contributed by atoms with Crippen molar-refractivity contribution < 1.29 is 24.2 Å². The molecule has 7 heteroatoms. The smallest absolute Gasteiger partial charge is 0.303 e. The summed E-state index contributed by atoms with van der Waals surface area (Å²) >= 11 is 0. The fourth-order valence-corrected chi connectivity index (χ4v) is 1.63. The summed E-state index contributed by atoms with van der Waals surface area (Å²) in [6, 6.07) is 8.29. The van der Waals surface area contributed by atoms with Crippen molar-refractivity contribution in [1.82, 2.24) is 5.32 Å². The van der Waals surface area contributed by atoms with Gasteiger partial charge in [0.05, 0.1) is 6.61 Å². The lowest BCUT2D eigenvalue weighted by Crippen LogP contribution is -2.45. The normalized spacial score (nSPS) is 11.6. The Kier molecular flexibility index (Phi) is 6.90. The predicted octanol–water partition coefficient (Wildman–Crippen LogP) is 0.0381. The highest BCUT2D eigenvalue weighted by Gasteiger charge is 2.19. The predicted molar refractivity (Wildman–Crippen MR) is 74.1 cm³/mol. The second kappa shape index (κ2) is 8.70. The van der Waals surface area contributed by atoms with Crippen LogP contribution < -0.4 is 11.1 Å². The molecule has 21 heavy (non-hydrogen) atoms. The second-order valence-electron chi connectivity index (χ2n) is 4.43. The van der Waals surface area contributed by atoms with E-state index in [0.29, 0.717) is 0 Å². The number of amides is 2. The van der Waals surface area contributed by atoms with Crippen molar-refractivity contribution in [3.05, 3.63) is 35.9 Å². The molecule has 0 aromatic heterocycles. The first kappa shape index (κ1) is 16.6. The van der Waals surface area contributed by atoms with Gasteiger partial charge in [-0.1, -0.05) is 30.3 Å². The van der Waals surface area contributed by atoms with E-state index in [0.717, 1.165) is 5.56 Å². The van der Waals surface area contributed by atoms with E-state index in [4.69, 9.17) is 15.6 Å². The molecule has 1 aromatic carbocycles. The Labute approximate surface area is 122 Å². The molecule has 2 amide bonds. The number of benzene rings is 1. The van der Waals surface area contributed by atoms with Gasteiger partial charge in [-0.2, -0.15) is 0 Å². The van der Waals surface area contributed by atoms with Crippen molar-refractivity contribution in [2.45, 2.75) is 25.5 Å². The fourth-order valence-electron chi connectivity index (χ4n) is 1.63. The number of nitrogens with one attached hydrogen (secondary N) is 1. The summed E-state index contributed by atoms with van der Waals surface area (Å²) in [5.41, 5.74) is 6.02. The molecule has 0 radical (unpaired) electrons. The first-order chi connectivity index (χ1) is 9.99. The Hall–Kier alpha value is -2.41. The number of carboxylic acids is 1. The Morgan fingerprint density at radius 3 is 2.48 bits per heavy atom. The van der Waals surface area contributed by atoms with Crippen LogP contribution in [0.5, 0.6) is 0 Å². The number of carboxylic acid groups (broad SMARTS) is 1. The number of carbonyl (C=O) groups excluding carboxylic acids is 2. The number of hydrogen-bond donors (Lipinski definition) is 3. The fraction of sp³-hybridized carbons (Fsp3) is 0.357. The van der Waals surface area contributed by atoms with Crippen molar-refractivity contribution >= 4 is 17.8 Å². The van der Waals surface area contributed by atoms with Crippen LogP contribution in [0.15, 0.2) is 30.3 Å². The van der Waals surface area contributed by atoms with E-state index in [1.165, 1.54) is 0 Å². The molecule has 114 valence electrons. The van der Waals surface area contributed by atoms with Crippen LogP contribution in [0.2, 0.25) is 0 Å². The Balaban J connectivity index is 2.33. The second-order valence-corrected chi connectivity index (χ2v) is 4.43. The van der Waals surface area contributed by atoms with Crippen LogP contribution in [0.3, 0.4) is 0 Å². The van der Waals surface area contributed by atoms with Crippen molar-refractivity contribution in [2.24, 2.45) is 5.73 Å². The van der Waals surface area contributed by atoms with Crippen LogP contribution in [-0.4, -0.2) is 35.5 Å². The summed E-state index contributed by atoms with van der Waals surface area (Å²) in [7, 11) is 0. The Bertz CT molecular complexity index is 489. The summed E-state index contributed by atoms with van der Waals surface area (Å²) in [5.74, 6) is -2.34. The number of ether oxygens (including phenoxy) is 1. The quantitative estimate of drug-likeness (QED) is 0.594. The van der Waals surface area contributed by atoms with E-state index in [2.05, 4.69) is 5.32 Å². The molecule has 0 spiro atoms. The van der Waals surface area contributed by atoms with Crippen LogP contribution in [0.1, 0.15) is 18.4 Å². The first-order valence-electron chi connectivity index (χ1n) is 6.41. The molecule has 0 bridgehead atoms. The molecule has 1 aromatic rings. The van der Waals surface area contributed by atoms with Gasteiger partial charge in [-0.25, -0.2) is 0 Å². The topological polar surface area (TPSA) is 119 Å². The molecule has 0 heterocycles. The van der Waals surface area contributed by atoms with E-state index in [1.807, 2.05) is 30.3 Å². The molecule has 0 aliphatic heterocycles. The molecule has 1 rings (SSSR count). The van der Waals surface area contributed by atoms with Gasteiger partial charge in [0.15, 0.2) is 0 Å². The van der Waals surface area contributed by atoms with Gasteiger partial charge in [-0.05, 0) is 12.0 Å². The number of rotatable bonds is 9. The maximum absolute atomic E-state index is 11.6. The first-order valence-corrected chi connectivity index (χ1v) is 6.41. The minimum Gasteiger partial charge on any atom is -0.481 e. The molecule has 0 aliphatic carbocycles. The molecule has 4 N–H and O–H groups in total. The van der Waals surface area contributed by atoms with E-state index in [1.54, 1.807) is 0 Å². The van der Waals surface area contributed by atoms with Crippen LogP contribution in [0.4, 0.5) is 0 Å². The third kappa shape index (κ3) is 7.07. The van der Waals surface area contributed by atoms with E-state index < -0.39 is 23.8 Å². The molecular weight excluding hydrogens is 276 g/mol. The average Bonchev–Trinajstić information content (AvgIpc) is 2.44. The monoisotopic (exact) mass is 294 g/mol. The third-order valence-corrected chi connectivity index (χ3v) is 2.67. The van der Waals surface area contributed by atoms with Gasteiger partial charge < -0.3 is 20.9 Å². The maximum Gasteiger partial charge on any atom is 0.303 e. The van der Waals surface area contributed by atoms with E-state index in [-0.39, 0.29) is 26.1 Å². The Morgan fingerprint density at radius 2 is 1.90 bits per heavy atom. The lowest BCUT2D eigenvalue weighted by molar-refractivity contribution is -0.138. The molecule has 1 atom stereocenters. The zero-order valence-corrected chi connectivity index (χ0v) is 11.5. The van der Waals surface area contributed by atoms with E-state index in [9.17, 15) is 14.4 Å². The largest absolute Gasteiger partial charge is 0.481 e. The highest BCUT2D eigenvalue weighted by molar-refractivity contribution is 5.87. The SMILES string of the molecule is NC(=O)[C@H](CCC(=O)O)NC(=O)COCc1ccccc1. The molecule has 7 nitrogen and oxygen atoms in total. The van der Waals surface area contributed by atoms with Crippen LogP contribution in [0.25, 0.3) is 0 Å². The zero-order valence-electron chi connectivity index (χ0n) is 11.5. The van der Waals surface area contributed by atoms with Crippen LogP contribution in [0, 0.1) is 0 Å². The Morgan fingerprint density at radius 1 is 1.24 bits per heavy atom. The van der Waals surface area contributed by atoms with Gasteiger partial charge in [0.1, 0.15) is 12.6 Å². The number of nitrogens with two attached hydrogens (primary N) is 1. The van der Waals surface area contributed by atoms with Gasteiger partial charge in [-0.3, -0.25) is 14.4 Å². The molecule has 0 unspecified atom stereocenters. The zero-order chi connectivity index (χ0) is 15.7. The summed E-state index contributed by atoms with van der Waals surface area (Å²) in [4.78, 5) is 33.2. The summed E-state index contributed by atoms with van der Waals surface area (Å²) in [6.45, 7) is 0.0381.